The number of amides is 2. The molecule has 0 saturated carbocycles. The van der Waals surface area contributed by atoms with E-state index >= 15 is 0 Å². The van der Waals surface area contributed by atoms with Crippen LogP contribution in [0.2, 0.25) is 0 Å². The molecule has 0 aliphatic carbocycles. The van der Waals surface area contributed by atoms with Gasteiger partial charge in [-0.25, -0.2) is 23.9 Å². The minimum atomic E-state index is -5.08. The number of pyridine rings is 2. The summed E-state index contributed by atoms with van der Waals surface area (Å²) in [7, 11) is 0. The number of aliphatic hydroxyl groups is 1. The molecule has 3 aromatic rings. The summed E-state index contributed by atoms with van der Waals surface area (Å²) >= 11 is 0. The van der Waals surface area contributed by atoms with Gasteiger partial charge in [-0.15, -0.1) is 0 Å². The van der Waals surface area contributed by atoms with Gasteiger partial charge in [-0.05, 0) is 26.3 Å². The molecule has 5 heterocycles. The predicted molar refractivity (Wildman–Crippen MR) is 134 cm³/mol. The maximum Gasteiger partial charge on any atom is 0.490 e. The lowest BCUT2D eigenvalue weighted by molar-refractivity contribution is -0.192. The number of carbonyl (C=O) groups excluding carboxylic acids is 1. The summed E-state index contributed by atoms with van der Waals surface area (Å²) in [5.41, 5.74) is 3.37. The summed E-state index contributed by atoms with van der Waals surface area (Å²) in [6.07, 6.45) is 0.122. The number of aliphatic hydroxyl groups excluding tert-OH is 1. The minimum absolute atomic E-state index is 0.0157. The quantitative estimate of drug-likeness (QED) is 0.364. The van der Waals surface area contributed by atoms with Crippen molar-refractivity contribution in [3.8, 4) is 0 Å². The van der Waals surface area contributed by atoms with Crippen LogP contribution in [0.4, 0.5) is 39.5 Å². The Morgan fingerprint density at radius 1 is 1.26 bits per heavy atom. The molecule has 2 amide bonds. The van der Waals surface area contributed by atoms with E-state index in [4.69, 9.17) is 9.90 Å². The third-order valence-corrected chi connectivity index (χ3v) is 6.37. The number of urea groups is 1. The van der Waals surface area contributed by atoms with Crippen LogP contribution in [0.5, 0.6) is 0 Å². The fourth-order valence-corrected chi connectivity index (χ4v) is 4.50. The number of nitrogens with one attached hydrogen (secondary N) is 2. The molecule has 4 N–H and O–H groups in total. The average Bonchev–Trinajstić information content (AvgIpc) is 3.46. The molecule has 2 atom stereocenters. The average molecular weight is 554 g/mol. The van der Waals surface area contributed by atoms with Gasteiger partial charge < -0.3 is 30.1 Å². The van der Waals surface area contributed by atoms with Gasteiger partial charge in [0.05, 0.1) is 23.5 Å². The summed E-state index contributed by atoms with van der Waals surface area (Å²) in [6, 6.07) is 2.82. The predicted octanol–water partition coefficient (Wildman–Crippen LogP) is 2.56. The molecule has 11 nitrogen and oxygen atoms in total. The summed E-state index contributed by atoms with van der Waals surface area (Å²) in [4.78, 5) is 34.4. The van der Waals surface area contributed by atoms with E-state index in [9.17, 15) is 27.5 Å². The number of carbonyl (C=O) groups is 2. The smallest absolute Gasteiger partial charge is 0.475 e. The topological polar surface area (TPSA) is 135 Å². The zero-order valence-corrected chi connectivity index (χ0v) is 21.0. The van der Waals surface area contributed by atoms with E-state index in [1.54, 1.807) is 28.6 Å². The van der Waals surface area contributed by atoms with Gasteiger partial charge in [-0.2, -0.15) is 13.2 Å². The number of piperazine rings is 1. The van der Waals surface area contributed by atoms with Crippen molar-refractivity contribution >= 4 is 34.8 Å². The van der Waals surface area contributed by atoms with E-state index in [1.807, 2.05) is 13.0 Å². The van der Waals surface area contributed by atoms with Crippen LogP contribution in [-0.4, -0.2) is 81.1 Å². The number of hydrogen-bond acceptors (Lipinski definition) is 7. The second-order valence-electron chi connectivity index (χ2n) is 9.20. The van der Waals surface area contributed by atoms with E-state index in [0.717, 1.165) is 30.0 Å². The normalized spacial score (nSPS) is 17.9. The number of aliphatic carboxylic acids is 1. The van der Waals surface area contributed by atoms with Crippen LogP contribution in [0, 0.1) is 12.7 Å². The van der Waals surface area contributed by atoms with Gasteiger partial charge in [-0.1, -0.05) is 0 Å². The highest BCUT2D eigenvalue weighted by atomic mass is 19.4. The molecule has 1 unspecified atom stereocenters. The lowest BCUT2D eigenvalue weighted by Crippen LogP contribution is -2.55. The number of aryl methyl sites for hydroxylation is 1. The lowest BCUT2D eigenvalue weighted by atomic mass is 10.1. The molecule has 1 saturated heterocycles. The highest BCUT2D eigenvalue weighted by Gasteiger charge is 2.38. The van der Waals surface area contributed by atoms with Crippen LogP contribution in [-0.2, 0) is 11.2 Å². The van der Waals surface area contributed by atoms with Crippen molar-refractivity contribution in [2.45, 2.75) is 38.6 Å². The van der Waals surface area contributed by atoms with Gasteiger partial charge >= 0.3 is 18.2 Å². The number of hydrogen-bond donors (Lipinski definition) is 4. The summed E-state index contributed by atoms with van der Waals surface area (Å²) in [6.45, 7) is 6.33. The SMILES string of the molecule is Cc1cn2cc(NC(=O)N3CCc4c(N5CCN[C@@H](C(C)O)C5)ccnc43)c(F)cc2n1.O=C(O)C(F)(F)F. The van der Waals surface area contributed by atoms with Crippen LogP contribution in [0.15, 0.2) is 30.7 Å². The van der Waals surface area contributed by atoms with Crippen LogP contribution in [0.25, 0.3) is 5.65 Å². The Kier molecular flexibility index (Phi) is 7.92. The lowest BCUT2D eigenvalue weighted by Gasteiger charge is -2.37. The standard InChI is InChI=1S/C22H26FN7O2.C2HF3O2/c1-13-10-29-12-18(16(23)9-20(29)26-13)27-22(32)30-7-4-15-19(3-5-25-21(15)30)28-8-6-24-17(11-28)14(2)31;3-2(4,5)1(6)7/h3,5,9-10,12,14,17,24,31H,4,6-8,11H2,1-2H3,(H,27,32);(H,6,7)/t14?,17-;/m1./s1. The number of nitrogens with zero attached hydrogens (tertiary/aromatic N) is 5. The first-order valence-corrected chi connectivity index (χ1v) is 12.0. The van der Waals surface area contributed by atoms with Crippen molar-refractivity contribution in [1.29, 1.82) is 0 Å². The maximum absolute atomic E-state index is 14.5. The highest BCUT2D eigenvalue weighted by Crippen LogP contribution is 2.34. The van der Waals surface area contributed by atoms with E-state index in [0.29, 0.717) is 31.0 Å². The molecule has 2 aliphatic rings. The van der Waals surface area contributed by atoms with Gasteiger partial charge in [0.15, 0.2) is 5.82 Å². The number of carboxylic acid groups (broad SMARTS) is 1. The number of anilines is 3. The summed E-state index contributed by atoms with van der Waals surface area (Å²) < 4.78 is 48.0. The number of rotatable bonds is 3. The molecule has 39 heavy (non-hydrogen) atoms. The second-order valence-corrected chi connectivity index (χ2v) is 9.20. The molecule has 1 fully saturated rings. The van der Waals surface area contributed by atoms with Crippen molar-refractivity contribution in [2.24, 2.45) is 0 Å². The van der Waals surface area contributed by atoms with Crippen LogP contribution < -0.4 is 20.4 Å². The molecule has 0 radical (unpaired) electrons. The molecule has 0 bridgehead atoms. The number of imidazole rings is 1. The first-order valence-electron chi connectivity index (χ1n) is 12.0. The van der Waals surface area contributed by atoms with Gasteiger partial charge in [0.1, 0.15) is 11.5 Å². The van der Waals surface area contributed by atoms with Crippen LogP contribution in [0.3, 0.4) is 0 Å². The Labute approximate surface area is 220 Å². The Morgan fingerprint density at radius 3 is 2.64 bits per heavy atom. The van der Waals surface area contributed by atoms with Crippen molar-refractivity contribution in [3.63, 3.8) is 0 Å². The second kappa shape index (κ2) is 11.0. The van der Waals surface area contributed by atoms with E-state index in [1.165, 1.54) is 12.3 Å². The zero-order chi connectivity index (χ0) is 28.5. The van der Waals surface area contributed by atoms with E-state index < -0.39 is 30.1 Å². The molecule has 3 aromatic heterocycles. The third kappa shape index (κ3) is 6.20. The fourth-order valence-electron chi connectivity index (χ4n) is 4.50. The molecule has 0 aromatic carbocycles. The molecule has 15 heteroatoms. The highest BCUT2D eigenvalue weighted by molar-refractivity contribution is 6.03. The summed E-state index contributed by atoms with van der Waals surface area (Å²) in [5.74, 6) is -2.71. The van der Waals surface area contributed by atoms with Gasteiger partial charge in [-0.3, -0.25) is 4.90 Å². The number of fused-ring (bicyclic) bond motifs is 2. The fraction of sp³-hybridized carbons (Fsp3) is 0.417. The summed E-state index contributed by atoms with van der Waals surface area (Å²) in [5, 5.41) is 23.1. The van der Waals surface area contributed by atoms with Crippen molar-refractivity contribution in [1.82, 2.24) is 19.7 Å². The minimum Gasteiger partial charge on any atom is -0.475 e. The molecule has 2 aliphatic heterocycles. The molecule has 5 rings (SSSR count). The monoisotopic (exact) mass is 553 g/mol. The Bertz CT molecular complexity index is 1380. The number of alkyl halides is 3. The molecule has 0 spiro atoms. The number of carboxylic acids is 1. The zero-order valence-electron chi connectivity index (χ0n) is 21.0. The van der Waals surface area contributed by atoms with Gasteiger partial charge in [0.2, 0.25) is 0 Å². The Morgan fingerprint density at radius 2 is 1.97 bits per heavy atom. The first kappa shape index (κ1) is 28.0. The Balaban J connectivity index is 0.000000448. The first-order chi connectivity index (χ1) is 18.3. The van der Waals surface area contributed by atoms with E-state index in [2.05, 4.69) is 25.5 Å². The van der Waals surface area contributed by atoms with Gasteiger partial charge in [0, 0.05) is 62.1 Å². The van der Waals surface area contributed by atoms with Crippen molar-refractivity contribution < 1.29 is 37.4 Å². The van der Waals surface area contributed by atoms with E-state index in [-0.39, 0.29) is 11.7 Å². The number of aromatic nitrogens is 3. The van der Waals surface area contributed by atoms with Gasteiger partial charge in [0.25, 0.3) is 0 Å². The molecular formula is C24H27F4N7O4. The molecule has 210 valence electrons. The van der Waals surface area contributed by atoms with Crippen LogP contribution in [0.1, 0.15) is 18.2 Å². The number of halogens is 4. The largest absolute Gasteiger partial charge is 0.490 e. The van der Waals surface area contributed by atoms with Crippen molar-refractivity contribution in [3.05, 3.63) is 47.8 Å². The van der Waals surface area contributed by atoms with Crippen molar-refractivity contribution in [2.75, 3.05) is 41.3 Å². The molecular weight excluding hydrogens is 526 g/mol. The Hall–Kier alpha value is -3.98. The third-order valence-electron chi connectivity index (χ3n) is 6.37. The maximum atomic E-state index is 14.5. The van der Waals surface area contributed by atoms with Crippen LogP contribution >= 0.6 is 0 Å².